The number of nitrogen functional groups attached to an aromatic ring is 1. The van der Waals surface area contributed by atoms with E-state index in [1.165, 1.54) is 0 Å². The fourth-order valence-corrected chi connectivity index (χ4v) is 5.29. The fourth-order valence-electron chi connectivity index (χ4n) is 2.81. The molecule has 1 aromatic rings. The second kappa shape index (κ2) is 12.3. The van der Waals surface area contributed by atoms with Crippen molar-refractivity contribution in [3.8, 4) is 0 Å². The zero-order valence-corrected chi connectivity index (χ0v) is 18.2. The molecule has 0 aliphatic carbocycles. The number of aliphatic hydroxyl groups is 1. The van der Waals surface area contributed by atoms with Crippen molar-refractivity contribution < 1.29 is 14.6 Å². The molecule has 0 spiro atoms. The van der Waals surface area contributed by atoms with Crippen molar-refractivity contribution >= 4 is 33.8 Å². The van der Waals surface area contributed by atoms with Gasteiger partial charge < -0.3 is 20.5 Å². The average Bonchev–Trinajstić information content (AvgIpc) is 2.70. The maximum Gasteiger partial charge on any atom is 0.214 e. The molecule has 2 rings (SSSR count). The molecule has 1 saturated heterocycles. The molecule has 0 aromatic carbocycles. The monoisotopic (exact) mass is 426 g/mol. The molecule has 3 N–H and O–H groups in total. The van der Waals surface area contributed by atoms with Gasteiger partial charge in [0.1, 0.15) is 5.82 Å². The van der Waals surface area contributed by atoms with Crippen molar-refractivity contribution in [1.82, 2.24) is 14.8 Å². The molecule has 156 valence electrons. The third-order valence-corrected chi connectivity index (χ3v) is 7.17. The number of carbonyl (C=O) groups is 1. The zero-order chi connectivity index (χ0) is 20.4. The van der Waals surface area contributed by atoms with Crippen LogP contribution < -0.4 is 5.73 Å². The number of nitrogens with zero attached hydrogens (tertiary/aromatic N) is 3. The molecule has 1 aliphatic heterocycles. The predicted octanol–water partition coefficient (Wildman–Crippen LogP) is 2.26. The summed E-state index contributed by atoms with van der Waals surface area (Å²) in [6.07, 6.45) is 1.33. The number of hydrogen-bond donors (Lipinski definition) is 2. The number of aromatic nitrogens is 1. The number of aliphatic hydroxyl groups excluding tert-OH is 1. The Kier molecular flexibility index (Phi) is 10.1. The Labute approximate surface area is 175 Å². The molecule has 0 bridgehead atoms. The van der Waals surface area contributed by atoms with Gasteiger partial charge in [-0.15, -0.1) is 0 Å². The third kappa shape index (κ3) is 7.29. The highest BCUT2D eigenvalue weighted by molar-refractivity contribution is 8.78. The minimum Gasteiger partial charge on any atom is -0.396 e. The van der Waals surface area contributed by atoms with Gasteiger partial charge in [0, 0.05) is 60.3 Å². The molecule has 1 fully saturated rings. The van der Waals surface area contributed by atoms with Crippen LogP contribution >= 0.6 is 21.6 Å². The van der Waals surface area contributed by atoms with E-state index in [1.807, 2.05) is 26.0 Å². The molecule has 2 heterocycles. The van der Waals surface area contributed by atoms with E-state index in [4.69, 9.17) is 10.5 Å². The molecule has 1 aliphatic rings. The van der Waals surface area contributed by atoms with Crippen LogP contribution in [0.5, 0.6) is 0 Å². The summed E-state index contributed by atoms with van der Waals surface area (Å²) in [5, 5.41) is 9.45. The summed E-state index contributed by atoms with van der Waals surface area (Å²) in [5.41, 5.74) is 8.49. The van der Waals surface area contributed by atoms with E-state index in [-0.39, 0.29) is 6.61 Å². The Bertz CT molecular complexity index is 667. The molecule has 1 amide bonds. The van der Waals surface area contributed by atoms with Crippen LogP contribution in [-0.4, -0.2) is 71.5 Å². The normalized spacial score (nSPS) is 16.0. The Hall–Kier alpha value is -1.26. The molecule has 7 nitrogen and oxygen atoms in total. The number of anilines is 1. The lowest BCUT2D eigenvalue weighted by Gasteiger charge is -2.26. The van der Waals surface area contributed by atoms with Gasteiger partial charge in [0.2, 0.25) is 6.41 Å². The van der Waals surface area contributed by atoms with E-state index >= 15 is 0 Å². The molecule has 9 heteroatoms. The van der Waals surface area contributed by atoms with Crippen molar-refractivity contribution in [1.29, 1.82) is 0 Å². The number of ether oxygens (including phenoxy) is 1. The van der Waals surface area contributed by atoms with E-state index in [0.29, 0.717) is 18.8 Å². The molecule has 0 atom stereocenters. The highest BCUT2D eigenvalue weighted by atomic mass is 33.1. The van der Waals surface area contributed by atoms with Gasteiger partial charge in [0.25, 0.3) is 0 Å². The van der Waals surface area contributed by atoms with Crippen LogP contribution in [0.4, 0.5) is 5.82 Å². The van der Waals surface area contributed by atoms with Gasteiger partial charge in [-0.1, -0.05) is 27.7 Å². The van der Waals surface area contributed by atoms with Crippen molar-refractivity contribution in [3.05, 3.63) is 34.0 Å². The Balaban J connectivity index is 1.96. The summed E-state index contributed by atoms with van der Waals surface area (Å²) in [6.45, 7) is 8.78. The molecule has 0 unspecified atom stereocenters. The number of rotatable bonds is 11. The van der Waals surface area contributed by atoms with Crippen LogP contribution in [0.3, 0.4) is 0 Å². The predicted molar refractivity (Wildman–Crippen MR) is 117 cm³/mol. The number of amides is 1. The molecule has 0 saturated carbocycles. The first-order valence-electron chi connectivity index (χ1n) is 9.39. The van der Waals surface area contributed by atoms with E-state index < -0.39 is 0 Å². The van der Waals surface area contributed by atoms with E-state index in [1.54, 1.807) is 26.5 Å². The van der Waals surface area contributed by atoms with Crippen LogP contribution in [0.25, 0.3) is 0 Å². The largest absolute Gasteiger partial charge is 0.396 e. The van der Waals surface area contributed by atoms with Crippen molar-refractivity contribution in [3.63, 3.8) is 0 Å². The minimum atomic E-state index is 0.0463. The lowest BCUT2D eigenvalue weighted by atomic mass is 10.2. The topological polar surface area (TPSA) is 91.9 Å². The molecule has 0 radical (unpaired) electrons. The van der Waals surface area contributed by atoms with Crippen molar-refractivity contribution in [2.45, 2.75) is 26.8 Å². The Morgan fingerprint density at radius 3 is 2.82 bits per heavy atom. The number of hydrogen-bond acceptors (Lipinski definition) is 8. The first-order chi connectivity index (χ1) is 13.5. The second-order valence-corrected chi connectivity index (χ2v) is 9.08. The summed E-state index contributed by atoms with van der Waals surface area (Å²) >= 11 is 0. The number of carbonyl (C=O) groups excluding carboxylic acids is 1. The van der Waals surface area contributed by atoms with Gasteiger partial charge in [-0.3, -0.25) is 9.69 Å². The van der Waals surface area contributed by atoms with E-state index in [2.05, 4.69) is 9.88 Å². The molecule has 1 aromatic heterocycles. The number of pyridine rings is 1. The van der Waals surface area contributed by atoms with Crippen LogP contribution in [0, 0.1) is 6.92 Å². The van der Waals surface area contributed by atoms with Crippen LogP contribution in [0.1, 0.15) is 24.6 Å². The van der Waals surface area contributed by atoms with Gasteiger partial charge in [-0.25, -0.2) is 4.98 Å². The number of aryl methyl sites for hydroxylation is 1. The standard InChI is InChI=1S/C19H30N4O3S2/c1-15-3-4-17(19(20)21-15)13-23(14-25)16(2)18(5-9-24)28-27-12-8-22-6-10-26-11-7-22/h3-4,14,24H,5-13H2,1-2H3,(H2,20,21)/b18-16-. The summed E-state index contributed by atoms with van der Waals surface area (Å²) in [5.74, 6) is 1.42. The Morgan fingerprint density at radius 2 is 2.18 bits per heavy atom. The van der Waals surface area contributed by atoms with Crippen LogP contribution in [-0.2, 0) is 16.1 Å². The second-order valence-electron chi connectivity index (χ2n) is 6.57. The lowest BCUT2D eigenvalue weighted by molar-refractivity contribution is -0.116. The van der Waals surface area contributed by atoms with Gasteiger partial charge in [0.05, 0.1) is 19.8 Å². The Morgan fingerprint density at radius 1 is 1.43 bits per heavy atom. The lowest BCUT2D eigenvalue weighted by Crippen LogP contribution is -2.37. The van der Waals surface area contributed by atoms with Crippen LogP contribution in [0.2, 0.25) is 0 Å². The van der Waals surface area contributed by atoms with E-state index in [0.717, 1.165) is 66.9 Å². The molecular formula is C19H30N4O3S2. The maximum atomic E-state index is 11.7. The van der Waals surface area contributed by atoms with Crippen LogP contribution in [0.15, 0.2) is 22.7 Å². The quantitative estimate of drug-likeness (QED) is 0.316. The van der Waals surface area contributed by atoms with Gasteiger partial charge >= 0.3 is 0 Å². The van der Waals surface area contributed by atoms with Gasteiger partial charge in [0.15, 0.2) is 0 Å². The maximum absolute atomic E-state index is 11.7. The fraction of sp³-hybridized carbons (Fsp3) is 0.579. The summed E-state index contributed by atoms with van der Waals surface area (Å²) in [4.78, 5) is 21.0. The number of nitrogens with two attached hydrogens (primary N) is 1. The average molecular weight is 427 g/mol. The first kappa shape index (κ1) is 23.0. The van der Waals surface area contributed by atoms with Crippen molar-refractivity contribution in [2.75, 3.05) is 50.9 Å². The van der Waals surface area contributed by atoms with Gasteiger partial charge in [-0.05, 0) is 19.9 Å². The zero-order valence-electron chi connectivity index (χ0n) is 16.6. The highest BCUT2D eigenvalue weighted by Gasteiger charge is 2.15. The number of allylic oxidation sites excluding steroid dienone is 1. The smallest absolute Gasteiger partial charge is 0.214 e. The third-order valence-electron chi connectivity index (χ3n) is 4.55. The minimum absolute atomic E-state index is 0.0463. The first-order valence-corrected chi connectivity index (χ1v) is 11.7. The van der Waals surface area contributed by atoms with E-state index in [9.17, 15) is 9.90 Å². The summed E-state index contributed by atoms with van der Waals surface area (Å²) in [7, 11) is 3.38. The van der Waals surface area contributed by atoms with Crippen molar-refractivity contribution in [2.24, 2.45) is 0 Å². The van der Waals surface area contributed by atoms with Gasteiger partial charge in [-0.2, -0.15) is 0 Å². The molecule has 28 heavy (non-hydrogen) atoms. The summed E-state index contributed by atoms with van der Waals surface area (Å²) in [6, 6.07) is 3.79. The summed E-state index contributed by atoms with van der Waals surface area (Å²) < 4.78 is 5.37. The molecular weight excluding hydrogens is 396 g/mol. The highest BCUT2D eigenvalue weighted by Crippen LogP contribution is 2.35. The SMILES string of the molecule is C/C(=C(\CCO)SSCCN1CCOCC1)N(C=O)Cc1ccc(C)nc1N. The number of morpholine rings is 1.